The lowest BCUT2D eigenvalue weighted by Gasteiger charge is -2.39. The second kappa shape index (κ2) is 8.22. The topological polar surface area (TPSA) is 101 Å². The van der Waals surface area contributed by atoms with Gasteiger partial charge in [0.2, 0.25) is 5.43 Å². The molecule has 0 radical (unpaired) electrons. The molecule has 1 spiro atoms. The molecule has 170 valence electrons. The summed E-state index contributed by atoms with van der Waals surface area (Å²) in [5.41, 5.74) is -1.74. The van der Waals surface area contributed by atoms with E-state index in [1.807, 2.05) is 6.92 Å². The van der Waals surface area contributed by atoms with Crippen LogP contribution in [0, 0.1) is 11.7 Å². The number of pyridine rings is 1. The van der Waals surface area contributed by atoms with Gasteiger partial charge in [-0.25, -0.2) is 4.39 Å². The van der Waals surface area contributed by atoms with E-state index in [1.54, 1.807) is 18.1 Å². The Labute approximate surface area is 188 Å². The van der Waals surface area contributed by atoms with Crippen LogP contribution in [0.3, 0.4) is 0 Å². The number of carbonyl (C=O) groups excluding carboxylic acids is 2. The van der Waals surface area contributed by atoms with Gasteiger partial charge in [-0.2, -0.15) is 0 Å². The molecule has 2 heterocycles. The number of nitrogens with one attached hydrogen (secondary N) is 1. The van der Waals surface area contributed by atoms with E-state index < -0.39 is 34.3 Å². The van der Waals surface area contributed by atoms with Crippen molar-refractivity contribution in [2.75, 3.05) is 20.3 Å². The van der Waals surface area contributed by atoms with Crippen LogP contribution in [-0.4, -0.2) is 52.2 Å². The van der Waals surface area contributed by atoms with Gasteiger partial charge < -0.3 is 24.6 Å². The molecule has 1 aliphatic heterocycles. The number of nitrogens with zero attached hydrogens (tertiary/aromatic N) is 2. The number of halogens is 2. The molecule has 1 aromatic heterocycles. The molecule has 10 heteroatoms. The van der Waals surface area contributed by atoms with E-state index in [1.165, 1.54) is 22.9 Å². The lowest BCUT2D eigenvalue weighted by Crippen LogP contribution is -2.52. The van der Waals surface area contributed by atoms with Gasteiger partial charge in [0.25, 0.3) is 11.8 Å². The Balaban J connectivity index is 1.65. The normalized spacial score (nSPS) is 21.6. The second-order valence-electron chi connectivity index (χ2n) is 8.10. The highest BCUT2D eigenvalue weighted by atomic mass is 35.5. The molecule has 0 saturated heterocycles. The Kier molecular flexibility index (Phi) is 5.72. The zero-order valence-electron chi connectivity index (χ0n) is 17.7. The lowest BCUT2D eigenvalue weighted by molar-refractivity contribution is 0.0491. The number of methoxy groups -OCH3 is 1. The molecule has 1 fully saturated rings. The van der Waals surface area contributed by atoms with E-state index in [9.17, 15) is 23.9 Å². The number of hydrogen-bond donors (Lipinski definition) is 2. The van der Waals surface area contributed by atoms with Gasteiger partial charge in [-0.05, 0) is 19.4 Å². The monoisotopic (exact) mass is 463 g/mol. The summed E-state index contributed by atoms with van der Waals surface area (Å²) in [6.07, 6.45) is 2.01. The van der Waals surface area contributed by atoms with Gasteiger partial charge in [0.15, 0.2) is 11.4 Å². The van der Waals surface area contributed by atoms with E-state index in [-0.39, 0.29) is 34.3 Å². The van der Waals surface area contributed by atoms with Gasteiger partial charge in [0.1, 0.15) is 11.4 Å². The van der Waals surface area contributed by atoms with E-state index in [2.05, 4.69) is 5.32 Å². The molecule has 8 nitrogen and oxygen atoms in total. The van der Waals surface area contributed by atoms with Crippen molar-refractivity contribution in [1.29, 1.82) is 0 Å². The summed E-state index contributed by atoms with van der Waals surface area (Å²) in [4.78, 5) is 40.2. The fraction of sp³-hybridized carbons (Fsp3) is 0.409. The Morgan fingerprint density at radius 3 is 2.84 bits per heavy atom. The van der Waals surface area contributed by atoms with Crippen LogP contribution >= 0.6 is 11.6 Å². The van der Waals surface area contributed by atoms with E-state index in [4.69, 9.17) is 16.3 Å². The first-order valence-electron chi connectivity index (χ1n) is 10.2. The summed E-state index contributed by atoms with van der Waals surface area (Å²) in [6.45, 7) is 2.86. The molecule has 0 bridgehead atoms. The third kappa shape index (κ3) is 3.45. The number of fused-ring (bicyclic) bond motifs is 1. The Bertz CT molecular complexity index is 1170. The Morgan fingerprint density at radius 2 is 2.16 bits per heavy atom. The molecule has 2 amide bonds. The second-order valence-corrected chi connectivity index (χ2v) is 8.51. The number of hydrogen-bond acceptors (Lipinski definition) is 5. The minimum atomic E-state index is -0.954. The molecule has 1 aromatic carbocycles. The minimum Gasteiger partial charge on any atom is -0.503 e. The van der Waals surface area contributed by atoms with Crippen LogP contribution in [0.25, 0.3) is 0 Å². The van der Waals surface area contributed by atoms with Crippen molar-refractivity contribution < 1.29 is 23.8 Å². The number of ether oxygens (including phenoxy) is 1. The quantitative estimate of drug-likeness (QED) is 0.683. The average Bonchev–Trinajstić information content (AvgIpc) is 3.43. The largest absolute Gasteiger partial charge is 0.503 e. The van der Waals surface area contributed by atoms with Crippen molar-refractivity contribution in [3.63, 3.8) is 0 Å². The van der Waals surface area contributed by atoms with Gasteiger partial charge in [-0.15, -0.1) is 0 Å². The number of rotatable bonds is 6. The lowest BCUT2D eigenvalue weighted by atomic mass is 10.0. The van der Waals surface area contributed by atoms with Crippen LogP contribution in [0.4, 0.5) is 4.39 Å². The van der Waals surface area contributed by atoms with Crippen LogP contribution in [-0.2, 0) is 17.8 Å². The fourth-order valence-corrected chi connectivity index (χ4v) is 4.79. The molecule has 2 aromatic rings. The van der Waals surface area contributed by atoms with Gasteiger partial charge in [0, 0.05) is 44.4 Å². The van der Waals surface area contributed by atoms with Crippen LogP contribution in [0.15, 0.2) is 29.2 Å². The minimum absolute atomic E-state index is 0.0809. The molecular formula is C22H23ClFN3O5. The molecule has 2 aliphatic rings. The smallest absolute Gasteiger partial charge is 0.275 e. The number of carbonyl (C=O) groups is 2. The molecular weight excluding hydrogens is 441 g/mol. The van der Waals surface area contributed by atoms with E-state index >= 15 is 0 Å². The molecule has 2 N–H and O–H groups in total. The number of aromatic hydroxyl groups is 1. The Hall–Kier alpha value is -2.91. The van der Waals surface area contributed by atoms with Crippen molar-refractivity contribution >= 4 is 23.4 Å². The van der Waals surface area contributed by atoms with Gasteiger partial charge in [-0.1, -0.05) is 23.7 Å². The van der Waals surface area contributed by atoms with Crippen LogP contribution < -0.4 is 10.7 Å². The number of benzene rings is 1. The van der Waals surface area contributed by atoms with Gasteiger partial charge in [0.05, 0.1) is 17.2 Å². The number of likely N-dealkylation sites (N-methyl/N-ethyl adjacent to an activating group) is 1. The van der Waals surface area contributed by atoms with Gasteiger partial charge in [-0.3, -0.25) is 14.4 Å². The highest BCUT2D eigenvalue weighted by Gasteiger charge is 2.62. The summed E-state index contributed by atoms with van der Waals surface area (Å²) in [6, 6.07) is 4.39. The standard InChI is InChI=1S/C22H23ClFN3O5/c1-3-27-21(31)17-19(29)18(28)14(9-26(17)11-22(27)7-13(22)10-32-2)20(30)25-8-12-5-4-6-15(23)16(12)24/h4-6,9,13,29H,3,7-8,10-11H2,1-2H3,(H,25,30)/t13-,22-/m0/s1. The molecule has 2 atom stereocenters. The summed E-state index contributed by atoms with van der Waals surface area (Å²) < 4.78 is 20.8. The summed E-state index contributed by atoms with van der Waals surface area (Å²) >= 11 is 5.76. The van der Waals surface area contributed by atoms with Crippen molar-refractivity contribution in [2.45, 2.75) is 32.0 Å². The predicted octanol–water partition coefficient (Wildman–Crippen LogP) is 2.16. The third-order valence-corrected chi connectivity index (χ3v) is 6.58. The van der Waals surface area contributed by atoms with Crippen molar-refractivity contribution in [3.8, 4) is 5.75 Å². The van der Waals surface area contributed by atoms with Crippen molar-refractivity contribution in [2.24, 2.45) is 5.92 Å². The average molecular weight is 464 g/mol. The van der Waals surface area contributed by atoms with Crippen LogP contribution in [0.5, 0.6) is 5.75 Å². The SMILES string of the molecule is CCN1C(=O)c2c(O)c(=O)c(C(=O)NCc3cccc(Cl)c3F)cn2C[C@]12C[C@H]2COC. The molecule has 4 rings (SSSR count). The van der Waals surface area contributed by atoms with Crippen molar-refractivity contribution in [1.82, 2.24) is 14.8 Å². The zero-order chi connectivity index (χ0) is 23.2. The maximum atomic E-state index is 14.1. The summed E-state index contributed by atoms with van der Waals surface area (Å²) in [5, 5.41) is 12.9. The first kappa shape index (κ1) is 22.3. The molecule has 32 heavy (non-hydrogen) atoms. The highest BCUT2D eigenvalue weighted by Crippen LogP contribution is 2.52. The van der Waals surface area contributed by atoms with Gasteiger partial charge >= 0.3 is 0 Å². The highest BCUT2D eigenvalue weighted by molar-refractivity contribution is 6.30. The Morgan fingerprint density at radius 1 is 1.41 bits per heavy atom. The maximum Gasteiger partial charge on any atom is 0.275 e. The van der Waals surface area contributed by atoms with Crippen LogP contribution in [0.1, 0.15) is 39.8 Å². The first-order chi connectivity index (χ1) is 15.2. The summed E-state index contributed by atoms with van der Waals surface area (Å²) in [5.74, 6) is -2.56. The molecule has 1 aliphatic carbocycles. The fourth-order valence-electron chi connectivity index (χ4n) is 4.59. The zero-order valence-corrected chi connectivity index (χ0v) is 18.4. The summed E-state index contributed by atoms with van der Waals surface area (Å²) in [7, 11) is 1.59. The predicted molar refractivity (Wildman–Crippen MR) is 114 cm³/mol. The van der Waals surface area contributed by atoms with Crippen molar-refractivity contribution in [3.05, 3.63) is 62.3 Å². The maximum absolute atomic E-state index is 14.1. The van der Waals surface area contributed by atoms with E-state index in [0.29, 0.717) is 19.7 Å². The first-order valence-corrected chi connectivity index (χ1v) is 10.6. The van der Waals surface area contributed by atoms with E-state index in [0.717, 1.165) is 6.42 Å². The number of amides is 2. The molecule has 0 unspecified atom stereocenters. The van der Waals surface area contributed by atoms with Crippen LogP contribution in [0.2, 0.25) is 5.02 Å². The third-order valence-electron chi connectivity index (χ3n) is 6.28. The molecule has 1 saturated carbocycles. The number of aromatic nitrogens is 1.